The van der Waals surface area contributed by atoms with E-state index in [0.717, 1.165) is 69.1 Å². The van der Waals surface area contributed by atoms with Crippen molar-refractivity contribution in [2.45, 2.75) is 96.2 Å². The van der Waals surface area contributed by atoms with Crippen LogP contribution in [0.1, 0.15) is 75.7 Å². The number of methoxy groups -OCH3 is 2. The summed E-state index contributed by atoms with van der Waals surface area (Å²) in [6.07, 6.45) is 4.99. The van der Waals surface area contributed by atoms with Crippen LogP contribution in [-0.2, 0) is 48.0 Å². The van der Waals surface area contributed by atoms with Crippen molar-refractivity contribution in [1.29, 1.82) is 0 Å². The summed E-state index contributed by atoms with van der Waals surface area (Å²) >= 11 is 1.51. The Morgan fingerprint density at radius 1 is 1.15 bits per heavy atom. The molecule has 54 heavy (non-hydrogen) atoms. The molecule has 1 N–H and O–H groups in total. The molecule has 12 nitrogen and oxygen atoms in total. The second-order valence-electron chi connectivity index (χ2n) is 15.8. The minimum absolute atomic E-state index is 0.0475. The number of pyridine rings is 1. The van der Waals surface area contributed by atoms with E-state index in [4.69, 9.17) is 24.2 Å². The predicted octanol–water partition coefficient (Wildman–Crippen LogP) is 5.30. The highest BCUT2D eigenvalue weighted by molar-refractivity contribution is 7.10. The van der Waals surface area contributed by atoms with Crippen molar-refractivity contribution in [3.8, 4) is 22.5 Å². The number of fused-ring (bicyclic) bond motifs is 6. The fourth-order valence-electron chi connectivity index (χ4n) is 8.18. The molecule has 4 aliphatic rings. The fourth-order valence-corrected chi connectivity index (χ4v) is 10.5. The van der Waals surface area contributed by atoms with Crippen molar-refractivity contribution in [2.75, 3.05) is 27.4 Å². The van der Waals surface area contributed by atoms with Crippen molar-refractivity contribution in [2.24, 2.45) is 11.3 Å². The van der Waals surface area contributed by atoms with Gasteiger partial charge in [0.05, 0.1) is 34.8 Å². The van der Waals surface area contributed by atoms with Gasteiger partial charge >= 0.3 is 5.97 Å². The van der Waals surface area contributed by atoms with Gasteiger partial charge in [-0.3, -0.25) is 24.4 Å². The third-order valence-corrected chi connectivity index (χ3v) is 13.7. The lowest BCUT2D eigenvalue weighted by molar-refractivity contribution is -0.156. The van der Waals surface area contributed by atoms with Gasteiger partial charge < -0.3 is 23.3 Å². The van der Waals surface area contributed by atoms with E-state index in [9.17, 15) is 14.4 Å². The maximum absolute atomic E-state index is 14.5. The normalized spacial score (nSPS) is 24.0. The summed E-state index contributed by atoms with van der Waals surface area (Å²) in [6.45, 7) is 9.77. The second kappa shape index (κ2) is 14.3. The van der Waals surface area contributed by atoms with Crippen LogP contribution >= 0.6 is 11.3 Å². The fraction of sp³-hybridized carbons (Fsp3) is 0.525. The minimum atomic E-state index is -1.09. The van der Waals surface area contributed by atoms with Crippen LogP contribution in [0.4, 0.5) is 0 Å². The van der Waals surface area contributed by atoms with Gasteiger partial charge in [0.25, 0.3) is 5.91 Å². The number of esters is 1. The number of ether oxygens (including phenoxy) is 3. The van der Waals surface area contributed by atoms with Crippen LogP contribution < -0.4 is 5.43 Å². The summed E-state index contributed by atoms with van der Waals surface area (Å²) in [5, 5.41) is 4.38. The first-order valence-electron chi connectivity index (χ1n) is 19.0. The maximum Gasteiger partial charge on any atom is 0.324 e. The van der Waals surface area contributed by atoms with E-state index in [1.54, 1.807) is 23.8 Å². The zero-order chi connectivity index (χ0) is 37.9. The Morgan fingerprint density at radius 2 is 1.96 bits per heavy atom. The van der Waals surface area contributed by atoms with Gasteiger partial charge in [-0.25, -0.2) is 10.4 Å². The highest BCUT2D eigenvalue weighted by Crippen LogP contribution is 2.44. The Morgan fingerprint density at radius 3 is 2.70 bits per heavy atom. The number of thiazole rings is 1. The number of hydrazine groups is 1. The lowest BCUT2D eigenvalue weighted by Crippen LogP contribution is -2.60. The van der Waals surface area contributed by atoms with E-state index in [0.29, 0.717) is 25.8 Å². The lowest BCUT2D eigenvalue weighted by atomic mass is 9.84. The highest BCUT2D eigenvalue weighted by Gasteiger charge is 2.65. The smallest absolute Gasteiger partial charge is 0.324 e. The predicted molar refractivity (Wildman–Crippen MR) is 206 cm³/mol. The molecule has 284 valence electrons. The van der Waals surface area contributed by atoms with Crippen LogP contribution in [0.5, 0.6) is 0 Å². The Bertz CT molecular complexity index is 2110. The first-order valence-corrected chi connectivity index (χ1v) is 20.8. The third kappa shape index (κ3) is 6.59. The molecule has 14 heteroatoms. The molecule has 3 aliphatic heterocycles. The molecule has 2 radical (unpaired) electrons. The van der Waals surface area contributed by atoms with E-state index < -0.39 is 22.7 Å². The number of rotatable bonds is 7. The zero-order valence-electron chi connectivity index (χ0n) is 31.8. The summed E-state index contributed by atoms with van der Waals surface area (Å²) < 4.78 is 21.6. The van der Waals surface area contributed by atoms with Crippen LogP contribution in [-0.4, -0.2) is 96.3 Å². The largest absolute Gasteiger partial charge is 0.464 e. The third-order valence-electron chi connectivity index (χ3n) is 11.3. The number of hydrogen-bond acceptors (Lipinski definition) is 10. The summed E-state index contributed by atoms with van der Waals surface area (Å²) in [4.78, 5) is 52.0. The van der Waals surface area contributed by atoms with E-state index in [2.05, 4.69) is 55.0 Å². The van der Waals surface area contributed by atoms with Crippen LogP contribution in [0.15, 0.2) is 41.9 Å². The van der Waals surface area contributed by atoms with E-state index >= 15 is 0 Å². The van der Waals surface area contributed by atoms with Crippen molar-refractivity contribution in [3.05, 3.63) is 58.2 Å². The number of benzene rings is 1. The molecule has 6 bridgehead atoms. The van der Waals surface area contributed by atoms with Crippen LogP contribution in [0.2, 0.25) is 0 Å². The SMILES string of the molecule is CCn1c(-c2cccnc2[C@H](C)OC)c2c3cc(ccc31)-c1csc(n1)C[C@@]1([Si]N1C(=O)[C@@H](OC)C1CC1)C(=O)N1CCC[C@H](N1)C(=O)OCC(C)(C)C2. The number of cyclic esters (lactones) is 1. The quantitative estimate of drug-likeness (QED) is 0.151. The van der Waals surface area contributed by atoms with Crippen molar-refractivity contribution in [3.63, 3.8) is 0 Å². The van der Waals surface area contributed by atoms with Crippen LogP contribution in [0.3, 0.4) is 0 Å². The molecule has 1 saturated carbocycles. The van der Waals surface area contributed by atoms with E-state index in [-0.39, 0.29) is 52.5 Å². The van der Waals surface area contributed by atoms with Crippen molar-refractivity contribution >= 4 is 49.7 Å². The Kier molecular flexibility index (Phi) is 9.78. The molecule has 6 heterocycles. The molecule has 3 aromatic heterocycles. The van der Waals surface area contributed by atoms with Gasteiger partial charge in [0.2, 0.25) is 15.6 Å². The summed E-state index contributed by atoms with van der Waals surface area (Å²) in [5.41, 5.74) is 9.74. The maximum atomic E-state index is 14.5. The molecule has 1 spiro atoms. The Hall–Kier alpha value is -3.95. The average molecular weight is 769 g/mol. The molecule has 0 unspecified atom stereocenters. The number of nitrogens with one attached hydrogen (secondary N) is 1. The molecule has 4 atom stereocenters. The van der Waals surface area contributed by atoms with Crippen molar-refractivity contribution in [1.82, 2.24) is 29.5 Å². The summed E-state index contributed by atoms with van der Waals surface area (Å²) in [5.74, 6) is -0.570. The standard InChI is InChI=1S/C40H48N6O6SSi/c1-7-44-31-15-14-25-18-27(31)28(34(44)26-10-8-16-41-33(26)23(2)50-5)19-39(3,4)22-52-37(48)29-11-9-17-45(43-29)38(49)40(20-32-42-30(25)21-53-32)46(54-40)36(47)35(51-6)24-12-13-24/h8,10,14-16,18,21,23-24,29,35,43H,7,9,11-13,17,19-20,22H2,1-6H3/t23-,29-,35-,40+,46?/m0/s1. The molecule has 1 aromatic carbocycles. The van der Waals surface area contributed by atoms with E-state index in [1.165, 1.54) is 11.3 Å². The van der Waals surface area contributed by atoms with Crippen LogP contribution in [0.25, 0.3) is 33.4 Å². The van der Waals surface area contributed by atoms with Gasteiger partial charge in [0.1, 0.15) is 17.3 Å². The number of amides is 2. The Balaban J connectivity index is 1.25. The van der Waals surface area contributed by atoms with Gasteiger partial charge in [-0.1, -0.05) is 19.9 Å². The minimum Gasteiger partial charge on any atom is -0.464 e. The molecule has 1 aliphatic carbocycles. The van der Waals surface area contributed by atoms with Gasteiger partial charge in [0, 0.05) is 72.8 Å². The topological polar surface area (TPSA) is 128 Å². The molecule has 2 amide bonds. The number of carbonyl (C=O) groups is 3. The average Bonchev–Trinajstić information content (AvgIpc) is 4.08. The number of aromatic nitrogens is 3. The zero-order valence-corrected chi connectivity index (χ0v) is 33.6. The first-order chi connectivity index (χ1) is 26.0. The molecular formula is C40H48N6O6SSi. The van der Waals surface area contributed by atoms with Gasteiger partial charge in [-0.05, 0) is 81.7 Å². The highest BCUT2D eigenvalue weighted by atomic mass is 32.1. The number of hydrogen-bond donors (Lipinski definition) is 1. The Labute approximate surface area is 322 Å². The summed E-state index contributed by atoms with van der Waals surface area (Å²) in [6, 6.07) is 9.90. The molecule has 8 rings (SSSR count). The monoisotopic (exact) mass is 768 g/mol. The van der Waals surface area contributed by atoms with Crippen LogP contribution in [0, 0.1) is 11.3 Å². The second-order valence-corrected chi connectivity index (χ2v) is 18.2. The molecule has 2 saturated heterocycles. The van der Waals surface area contributed by atoms with Crippen molar-refractivity contribution < 1.29 is 28.6 Å². The van der Waals surface area contributed by atoms with Gasteiger partial charge in [-0.2, -0.15) is 0 Å². The van der Waals surface area contributed by atoms with Gasteiger partial charge in [0.15, 0.2) is 0 Å². The number of carbonyl (C=O) groups excluding carboxylic acids is 3. The number of nitrogens with zero attached hydrogens (tertiary/aromatic N) is 5. The number of aryl methyl sites for hydroxylation is 1. The molecule has 4 aromatic rings. The lowest BCUT2D eigenvalue weighted by Gasteiger charge is -2.36. The molecule has 3 fully saturated rings. The molecular weight excluding hydrogens is 721 g/mol. The van der Waals surface area contributed by atoms with Gasteiger partial charge in [-0.15, -0.1) is 11.3 Å². The van der Waals surface area contributed by atoms with E-state index in [1.807, 2.05) is 24.6 Å². The first kappa shape index (κ1) is 37.0. The summed E-state index contributed by atoms with van der Waals surface area (Å²) in [7, 11) is 3.22.